The molecule has 6 heteroatoms. The van der Waals surface area contributed by atoms with Crippen molar-refractivity contribution in [2.24, 2.45) is 10.7 Å². The van der Waals surface area contributed by atoms with Gasteiger partial charge in [0.25, 0.3) is 5.91 Å². The van der Waals surface area contributed by atoms with Crippen LogP contribution < -0.4 is 11.5 Å². The SMILES string of the molecule is C=Nc1n[nH]c(N)c1C(N)=O. The summed E-state index contributed by atoms with van der Waals surface area (Å²) in [5.74, 6) is -0.423. The molecule has 0 saturated heterocycles. The molecular formula is C5H7N5O. The Morgan fingerprint density at radius 2 is 2.36 bits per heavy atom. The molecule has 0 saturated carbocycles. The minimum atomic E-state index is -0.668. The standard InChI is InChI=1S/C5H7N5O/c1-8-5-2(4(7)11)3(6)9-10-5/h1H2,(H2,7,11)(H3,6,9,10). The van der Waals surface area contributed by atoms with Crippen molar-refractivity contribution in [2.45, 2.75) is 0 Å². The second-order valence-corrected chi connectivity index (χ2v) is 1.86. The maximum atomic E-state index is 10.7. The number of aromatic amines is 1. The molecule has 0 spiro atoms. The van der Waals surface area contributed by atoms with E-state index < -0.39 is 5.91 Å². The molecule has 1 aromatic heterocycles. The molecule has 6 nitrogen and oxygen atoms in total. The number of H-pyrrole nitrogens is 1. The number of hydrogen-bond acceptors (Lipinski definition) is 4. The predicted molar refractivity (Wildman–Crippen MR) is 40.7 cm³/mol. The van der Waals surface area contributed by atoms with Crippen LogP contribution >= 0.6 is 0 Å². The van der Waals surface area contributed by atoms with Gasteiger partial charge in [-0.15, -0.1) is 0 Å². The van der Waals surface area contributed by atoms with Crippen molar-refractivity contribution in [1.29, 1.82) is 0 Å². The van der Waals surface area contributed by atoms with Crippen molar-refractivity contribution >= 4 is 24.3 Å². The first kappa shape index (κ1) is 7.26. The van der Waals surface area contributed by atoms with E-state index in [2.05, 4.69) is 21.9 Å². The van der Waals surface area contributed by atoms with Crippen molar-refractivity contribution in [3.8, 4) is 0 Å². The fraction of sp³-hybridized carbons (Fsp3) is 0. The zero-order valence-electron chi connectivity index (χ0n) is 5.66. The molecule has 0 radical (unpaired) electrons. The molecule has 0 bridgehead atoms. The second kappa shape index (κ2) is 2.41. The van der Waals surface area contributed by atoms with E-state index in [1.54, 1.807) is 0 Å². The summed E-state index contributed by atoms with van der Waals surface area (Å²) >= 11 is 0. The van der Waals surface area contributed by atoms with E-state index in [4.69, 9.17) is 11.5 Å². The topological polar surface area (TPSA) is 110 Å². The van der Waals surface area contributed by atoms with E-state index in [-0.39, 0.29) is 17.2 Å². The molecule has 1 aromatic rings. The molecule has 58 valence electrons. The van der Waals surface area contributed by atoms with Gasteiger partial charge in [-0.1, -0.05) is 0 Å². The third-order valence-corrected chi connectivity index (χ3v) is 1.17. The first-order valence-corrected chi connectivity index (χ1v) is 2.77. The highest BCUT2D eigenvalue weighted by molar-refractivity contribution is 6.01. The van der Waals surface area contributed by atoms with Gasteiger partial charge in [-0.05, 0) is 6.72 Å². The summed E-state index contributed by atoms with van der Waals surface area (Å²) in [5, 5.41) is 5.94. The van der Waals surface area contributed by atoms with Crippen molar-refractivity contribution < 1.29 is 4.79 Å². The number of amides is 1. The van der Waals surface area contributed by atoms with Crippen molar-refractivity contribution in [1.82, 2.24) is 10.2 Å². The van der Waals surface area contributed by atoms with Gasteiger partial charge in [-0.3, -0.25) is 9.89 Å². The number of aromatic nitrogens is 2. The summed E-state index contributed by atoms with van der Waals surface area (Å²) in [5.41, 5.74) is 10.4. The Bertz CT molecular complexity index is 302. The quantitative estimate of drug-likeness (QED) is 0.494. The van der Waals surface area contributed by atoms with E-state index in [1.807, 2.05) is 0 Å². The predicted octanol–water partition coefficient (Wildman–Crippen LogP) is -0.577. The summed E-state index contributed by atoms with van der Waals surface area (Å²) < 4.78 is 0. The fourth-order valence-electron chi connectivity index (χ4n) is 0.703. The largest absolute Gasteiger partial charge is 0.383 e. The number of rotatable bonds is 2. The minimum Gasteiger partial charge on any atom is -0.383 e. The van der Waals surface area contributed by atoms with Gasteiger partial charge in [0.05, 0.1) is 0 Å². The average molecular weight is 153 g/mol. The molecule has 0 aliphatic carbocycles. The zero-order valence-corrected chi connectivity index (χ0v) is 5.66. The Morgan fingerprint density at radius 3 is 2.73 bits per heavy atom. The molecular weight excluding hydrogens is 146 g/mol. The van der Waals surface area contributed by atoms with Crippen LogP contribution in [0.1, 0.15) is 10.4 Å². The molecule has 0 unspecified atom stereocenters. The van der Waals surface area contributed by atoms with Gasteiger partial charge in [0.1, 0.15) is 11.4 Å². The van der Waals surface area contributed by atoms with Gasteiger partial charge in [0.15, 0.2) is 5.82 Å². The summed E-state index contributed by atoms with van der Waals surface area (Å²) in [4.78, 5) is 14.1. The van der Waals surface area contributed by atoms with Crippen LogP contribution in [0.25, 0.3) is 0 Å². The number of carbonyl (C=O) groups excluding carboxylic acids is 1. The summed E-state index contributed by atoms with van der Waals surface area (Å²) in [6.07, 6.45) is 0. The molecule has 0 atom stereocenters. The van der Waals surface area contributed by atoms with E-state index in [1.165, 1.54) is 0 Å². The van der Waals surface area contributed by atoms with Gasteiger partial charge in [-0.2, -0.15) is 5.10 Å². The molecule has 0 aliphatic rings. The molecule has 1 rings (SSSR count). The normalized spacial score (nSPS) is 9.45. The van der Waals surface area contributed by atoms with Crippen LogP contribution in [-0.2, 0) is 0 Å². The van der Waals surface area contributed by atoms with Crippen LogP contribution in [0.5, 0.6) is 0 Å². The Kier molecular flexibility index (Phi) is 1.59. The molecule has 0 aromatic carbocycles. The van der Waals surface area contributed by atoms with E-state index in [9.17, 15) is 4.79 Å². The molecule has 1 amide bonds. The number of anilines is 1. The summed E-state index contributed by atoms with van der Waals surface area (Å²) in [6, 6.07) is 0. The van der Waals surface area contributed by atoms with Crippen LogP contribution in [0, 0.1) is 0 Å². The maximum absolute atomic E-state index is 10.7. The van der Waals surface area contributed by atoms with Crippen LogP contribution in [0.15, 0.2) is 4.99 Å². The van der Waals surface area contributed by atoms with E-state index >= 15 is 0 Å². The highest BCUT2D eigenvalue weighted by atomic mass is 16.1. The number of carbonyl (C=O) groups is 1. The van der Waals surface area contributed by atoms with Gasteiger partial charge in [-0.25, -0.2) is 4.99 Å². The third kappa shape index (κ3) is 1.05. The van der Waals surface area contributed by atoms with Crippen LogP contribution in [0.3, 0.4) is 0 Å². The number of nitrogens with two attached hydrogens (primary N) is 2. The number of nitrogens with zero attached hydrogens (tertiary/aromatic N) is 2. The minimum absolute atomic E-state index is 0.0833. The second-order valence-electron chi connectivity index (χ2n) is 1.86. The molecule has 0 aliphatic heterocycles. The molecule has 5 N–H and O–H groups in total. The lowest BCUT2D eigenvalue weighted by Gasteiger charge is -1.90. The Labute approximate surface area is 62.3 Å². The molecule has 0 fully saturated rings. The average Bonchev–Trinajstić information content (AvgIpc) is 2.30. The van der Waals surface area contributed by atoms with Crippen LogP contribution in [-0.4, -0.2) is 22.8 Å². The monoisotopic (exact) mass is 153 g/mol. The van der Waals surface area contributed by atoms with Crippen molar-refractivity contribution in [3.63, 3.8) is 0 Å². The number of primary amides is 1. The number of aliphatic imine (C=N–C) groups is 1. The lowest BCUT2D eigenvalue weighted by molar-refractivity contribution is 0.100. The maximum Gasteiger partial charge on any atom is 0.256 e. The third-order valence-electron chi connectivity index (χ3n) is 1.17. The summed E-state index contributed by atoms with van der Waals surface area (Å²) in [7, 11) is 0. The molecule has 11 heavy (non-hydrogen) atoms. The number of hydrogen-bond donors (Lipinski definition) is 3. The zero-order chi connectivity index (χ0) is 8.43. The van der Waals surface area contributed by atoms with Crippen molar-refractivity contribution in [3.05, 3.63) is 5.56 Å². The Morgan fingerprint density at radius 1 is 1.73 bits per heavy atom. The Balaban J connectivity index is 3.28. The van der Waals surface area contributed by atoms with Gasteiger partial charge in [0.2, 0.25) is 0 Å². The van der Waals surface area contributed by atoms with Crippen LogP contribution in [0.4, 0.5) is 11.6 Å². The van der Waals surface area contributed by atoms with Gasteiger partial charge >= 0.3 is 0 Å². The lowest BCUT2D eigenvalue weighted by atomic mass is 10.3. The lowest BCUT2D eigenvalue weighted by Crippen LogP contribution is -2.12. The van der Waals surface area contributed by atoms with Gasteiger partial charge in [0, 0.05) is 0 Å². The molecule has 1 heterocycles. The number of nitrogen functional groups attached to an aromatic ring is 1. The number of nitrogens with one attached hydrogen (secondary N) is 1. The summed E-state index contributed by atoms with van der Waals surface area (Å²) in [6.45, 7) is 3.19. The first-order chi connectivity index (χ1) is 5.16. The fourth-order valence-corrected chi connectivity index (χ4v) is 0.703. The van der Waals surface area contributed by atoms with Crippen molar-refractivity contribution in [2.75, 3.05) is 5.73 Å². The van der Waals surface area contributed by atoms with Crippen LogP contribution in [0.2, 0.25) is 0 Å². The Hall–Kier alpha value is -1.85. The highest BCUT2D eigenvalue weighted by Gasteiger charge is 2.14. The van der Waals surface area contributed by atoms with E-state index in [0.717, 1.165) is 0 Å². The first-order valence-electron chi connectivity index (χ1n) is 2.77. The van der Waals surface area contributed by atoms with Gasteiger partial charge < -0.3 is 11.5 Å². The smallest absolute Gasteiger partial charge is 0.256 e. The van der Waals surface area contributed by atoms with E-state index in [0.29, 0.717) is 0 Å². The highest BCUT2D eigenvalue weighted by Crippen LogP contribution is 2.19.